The van der Waals surface area contributed by atoms with Gasteiger partial charge in [-0.05, 0) is 5.56 Å². The van der Waals surface area contributed by atoms with Crippen LogP contribution in [0.25, 0.3) is 0 Å². The molecule has 0 aromatic heterocycles. The summed E-state index contributed by atoms with van der Waals surface area (Å²) in [5, 5.41) is 9.85. The van der Waals surface area contributed by atoms with Gasteiger partial charge >= 0.3 is 0 Å². The molecule has 1 aromatic carbocycles. The summed E-state index contributed by atoms with van der Waals surface area (Å²) in [5.74, 6) is 0. The van der Waals surface area contributed by atoms with E-state index in [1.165, 1.54) is 0 Å². The molecule has 12 heavy (non-hydrogen) atoms. The van der Waals surface area contributed by atoms with E-state index in [9.17, 15) is 4.79 Å². The second-order valence-electron chi connectivity index (χ2n) is 2.23. The third-order valence-electron chi connectivity index (χ3n) is 1.35. The molecular weight excluding hydrogens is 170 g/mol. The Hall–Kier alpha value is -1.27. The molecule has 3 heteroatoms. The van der Waals surface area contributed by atoms with Crippen molar-refractivity contribution in [1.82, 2.24) is 0 Å². The molecule has 0 saturated carbocycles. The van der Waals surface area contributed by atoms with Crippen molar-refractivity contribution in [1.29, 1.82) is 5.26 Å². The second kappa shape index (κ2) is 4.58. The highest BCUT2D eigenvalue weighted by atomic mass is 32.2. The lowest BCUT2D eigenvalue weighted by Crippen LogP contribution is -1.95. The van der Waals surface area contributed by atoms with Crippen LogP contribution in [0.1, 0.15) is 5.56 Å². The summed E-state index contributed by atoms with van der Waals surface area (Å²) in [6.45, 7) is 0. The summed E-state index contributed by atoms with van der Waals surface area (Å²) in [4.78, 5) is 11.0. The summed E-state index contributed by atoms with van der Waals surface area (Å²) >= 11 is 0.693. The van der Waals surface area contributed by atoms with E-state index in [1.807, 2.05) is 30.3 Å². The number of nitriles is 1. The molecule has 0 spiro atoms. The Bertz CT molecular complexity index is 302. The maximum Gasteiger partial charge on any atom is 0.207 e. The molecule has 0 amide bonds. The molecule has 60 valence electrons. The minimum Gasteiger partial charge on any atom is -0.286 e. The molecule has 1 aromatic rings. The van der Waals surface area contributed by atoms with Gasteiger partial charge < -0.3 is 0 Å². The van der Waals surface area contributed by atoms with Gasteiger partial charge in [0.05, 0.1) is 0 Å². The zero-order valence-corrected chi connectivity index (χ0v) is 7.17. The van der Waals surface area contributed by atoms with E-state index in [0.29, 0.717) is 18.2 Å². The molecule has 0 saturated heterocycles. The first-order valence-corrected chi connectivity index (χ1v) is 4.27. The minimum absolute atomic E-state index is 0.108. The van der Waals surface area contributed by atoms with Crippen molar-refractivity contribution in [2.24, 2.45) is 0 Å². The van der Waals surface area contributed by atoms with E-state index in [4.69, 9.17) is 5.26 Å². The Balaban J connectivity index is 2.54. The molecule has 0 bridgehead atoms. The van der Waals surface area contributed by atoms with E-state index < -0.39 is 0 Å². The fourth-order valence-electron chi connectivity index (χ4n) is 0.850. The molecular formula is C9H7NOS. The van der Waals surface area contributed by atoms with E-state index in [1.54, 1.807) is 5.40 Å². The SMILES string of the molecule is N#CSC(=O)Cc1ccccc1. The first-order chi connectivity index (χ1) is 5.83. The van der Waals surface area contributed by atoms with E-state index in [-0.39, 0.29) is 5.12 Å². The van der Waals surface area contributed by atoms with Crippen LogP contribution in [0, 0.1) is 10.7 Å². The maximum absolute atomic E-state index is 11.0. The molecule has 0 N–H and O–H groups in total. The average molecular weight is 177 g/mol. The number of carbonyl (C=O) groups excluding carboxylic acids is 1. The van der Waals surface area contributed by atoms with Crippen molar-refractivity contribution < 1.29 is 4.79 Å². The third kappa shape index (κ3) is 2.77. The largest absolute Gasteiger partial charge is 0.286 e. The predicted octanol–water partition coefficient (Wildman–Crippen LogP) is 1.97. The van der Waals surface area contributed by atoms with Gasteiger partial charge in [-0.15, -0.1) is 0 Å². The summed E-state index contributed by atoms with van der Waals surface area (Å²) in [6, 6.07) is 9.39. The van der Waals surface area contributed by atoms with Crippen LogP contribution >= 0.6 is 11.8 Å². The number of hydrogen-bond acceptors (Lipinski definition) is 3. The zero-order chi connectivity index (χ0) is 8.81. The number of thioether (sulfide) groups is 1. The van der Waals surface area contributed by atoms with E-state index >= 15 is 0 Å². The van der Waals surface area contributed by atoms with E-state index in [0.717, 1.165) is 5.56 Å². The molecule has 0 heterocycles. The Morgan fingerprint density at radius 3 is 2.67 bits per heavy atom. The number of hydrogen-bond donors (Lipinski definition) is 0. The van der Waals surface area contributed by atoms with Gasteiger partial charge in [0.1, 0.15) is 5.40 Å². The van der Waals surface area contributed by atoms with Crippen molar-refractivity contribution in [3.63, 3.8) is 0 Å². The van der Waals surface area contributed by atoms with Crippen LogP contribution in [0.5, 0.6) is 0 Å². The molecule has 1 rings (SSSR count). The van der Waals surface area contributed by atoms with Crippen molar-refractivity contribution in [3.8, 4) is 5.40 Å². The summed E-state index contributed by atoms with van der Waals surface area (Å²) < 4.78 is 0. The Morgan fingerprint density at radius 2 is 2.08 bits per heavy atom. The second-order valence-corrected chi connectivity index (χ2v) is 3.07. The predicted molar refractivity (Wildman–Crippen MR) is 48.4 cm³/mol. The monoisotopic (exact) mass is 177 g/mol. The molecule has 2 nitrogen and oxygen atoms in total. The quantitative estimate of drug-likeness (QED) is 0.648. The standard InChI is InChI=1S/C9H7NOS/c10-7-12-9(11)6-8-4-2-1-3-5-8/h1-5H,6H2. The molecule has 0 aliphatic heterocycles. The topological polar surface area (TPSA) is 40.9 Å². The zero-order valence-electron chi connectivity index (χ0n) is 6.36. The van der Waals surface area contributed by atoms with Crippen LogP contribution in [0.4, 0.5) is 0 Å². The first kappa shape index (κ1) is 8.82. The van der Waals surface area contributed by atoms with Crippen molar-refractivity contribution >= 4 is 16.9 Å². The highest BCUT2D eigenvalue weighted by Crippen LogP contribution is 2.06. The molecule has 0 aliphatic rings. The fourth-order valence-corrected chi connectivity index (χ4v) is 1.19. The van der Waals surface area contributed by atoms with Crippen molar-refractivity contribution in [2.45, 2.75) is 6.42 Å². The van der Waals surface area contributed by atoms with Crippen LogP contribution in [0.2, 0.25) is 0 Å². The van der Waals surface area contributed by atoms with Gasteiger partial charge in [0.2, 0.25) is 5.12 Å². The molecule has 0 radical (unpaired) electrons. The summed E-state index contributed by atoms with van der Waals surface area (Å²) in [7, 11) is 0. The number of carbonyl (C=O) groups is 1. The van der Waals surface area contributed by atoms with Crippen LogP contribution in [0.3, 0.4) is 0 Å². The van der Waals surface area contributed by atoms with Crippen LogP contribution in [-0.4, -0.2) is 5.12 Å². The minimum atomic E-state index is -0.108. The Kier molecular flexibility index (Phi) is 3.36. The van der Waals surface area contributed by atoms with Gasteiger partial charge in [0, 0.05) is 18.2 Å². The lowest BCUT2D eigenvalue weighted by atomic mass is 10.2. The van der Waals surface area contributed by atoms with Gasteiger partial charge in [0.25, 0.3) is 0 Å². The van der Waals surface area contributed by atoms with Gasteiger partial charge in [-0.1, -0.05) is 30.3 Å². The van der Waals surface area contributed by atoms with Crippen LogP contribution < -0.4 is 0 Å². The average Bonchev–Trinajstić information content (AvgIpc) is 2.06. The molecule has 0 aliphatic carbocycles. The maximum atomic E-state index is 11.0. The lowest BCUT2D eigenvalue weighted by Gasteiger charge is -1.94. The third-order valence-corrected chi connectivity index (χ3v) is 1.81. The fraction of sp³-hybridized carbons (Fsp3) is 0.111. The van der Waals surface area contributed by atoms with Gasteiger partial charge in [-0.25, -0.2) is 0 Å². The van der Waals surface area contributed by atoms with Crippen molar-refractivity contribution in [2.75, 3.05) is 0 Å². The van der Waals surface area contributed by atoms with Crippen LogP contribution in [-0.2, 0) is 11.2 Å². The number of rotatable bonds is 2. The molecule has 0 unspecified atom stereocenters. The number of nitrogens with zero attached hydrogens (tertiary/aromatic N) is 1. The first-order valence-electron chi connectivity index (χ1n) is 3.45. The van der Waals surface area contributed by atoms with Gasteiger partial charge in [-0.2, -0.15) is 5.26 Å². The smallest absolute Gasteiger partial charge is 0.207 e. The van der Waals surface area contributed by atoms with Gasteiger partial charge in [-0.3, -0.25) is 4.79 Å². The van der Waals surface area contributed by atoms with Crippen LogP contribution in [0.15, 0.2) is 30.3 Å². The molecule has 0 atom stereocenters. The summed E-state index contributed by atoms with van der Waals surface area (Å²) in [6.07, 6.45) is 0.332. The lowest BCUT2D eigenvalue weighted by molar-refractivity contribution is -0.110. The number of benzene rings is 1. The normalized spacial score (nSPS) is 8.92. The number of thiocyanates is 1. The molecule has 0 fully saturated rings. The Labute approximate surface area is 75.2 Å². The van der Waals surface area contributed by atoms with Gasteiger partial charge in [0.15, 0.2) is 0 Å². The summed E-state index contributed by atoms with van der Waals surface area (Å²) in [5.41, 5.74) is 0.949. The highest BCUT2D eigenvalue weighted by molar-refractivity contribution is 8.17. The highest BCUT2D eigenvalue weighted by Gasteiger charge is 2.02. The van der Waals surface area contributed by atoms with E-state index in [2.05, 4.69) is 0 Å². The Morgan fingerprint density at radius 1 is 1.42 bits per heavy atom. The van der Waals surface area contributed by atoms with Crippen molar-refractivity contribution in [3.05, 3.63) is 35.9 Å².